The zero-order chi connectivity index (χ0) is 21.0. The van der Waals surface area contributed by atoms with Crippen LogP contribution in [-0.2, 0) is 19.1 Å². The van der Waals surface area contributed by atoms with Crippen molar-refractivity contribution in [1.29, 1.82) is 0 Å². The monoisotopic (exact) mass is 400 g/mol. The zero-order valence-electron chi connectivity index (χ0n) is 18.8. The maximum atomic E-state index is 12.3. The second-order valence-corrected chi connectivity index (χ2v) is 7.28. The maximum absolute atomic E-state index is 12.3. The molecule has 0 atom stereocenters. The number of hydrogen-bond acceptors (Lipinski definition) is 4. The lowest BCUT2D eigenvalue weighted by molar-refractivity contribution is -0.140. The molecule has 0 rings (SSSR count). The van der Waals surface area contributed by atoms with Gasteiger partial charge in [-0.25, -0.2) is 0 Å². The summed E-state index contributed by atoms with van der Waals surface area (Å²) >= 11 is 0. The first-order chi connectivity index (χ1) is 13.6. The molecule has 0 aromatic heterocycles. The van der Waals surface area contributed by atoms with E-state index in [0.717, 1.165) is 77.5 Å². The predicted molar refractivity (Wildman–Crippen MR) is 114 cm³/mol. The van der Waals surface area contributed by atoms with Gasteiger partial charge < -0.3 is 19.3 Å². The molecule has 0 spiro atoms. The van der Waals surface area contributed by atoms with Crippen LogP contribution in [0.4, 0.5) is 0 Å². The minimum atomic E-state index is 0.0447. The average Bonchev–Trinajstić information content (AvgIpc) is 2.70. The van der Waals surface area contributed by atoms with Gasteiger partial charge in [0.2, 0.25) is 11.8 Å². The van der Waals surface area contributed by atoms with Crippen molar-refractivity contribution in [3.63, 3.8) is 0 Å². The fourth-order valence-corrected chi connectivity index (χ4v) is 2.74. The smallest absolute Gasteiger partial charge is 0.248 e. The first kappa shape index (κ1) is 26.9. The topological polar surface area (TPSA) is 59.1 Å². The van der Waals surface area contributed by atoms with Crippen LogP contribution in [-0.4, -0.2) is 74.2 Å². The number of amides is 2. The van der Waals surface area contributed by atoms with Gasteiger partial charge in [-0.1, -0.05) is 53.4 Å². The summed E-state index contributed by atoms with van der Waals surface area (Å²) in [5.74, 6) is 0.0894. The third-order valence-corrected chi connectivity index (χ3v) is 4.65. The van der Waals surface area contributed by atoms with E-state index in [1.54, 1.807) is 0 Å². The fourth-order valence-electron chi connectivity index (χ4n) is 2.74. The largest absolute Gasteiger partial charge is 0.369 e. The predicted octanol–water partition coefficient (Wildman–Crippen LogP) is 3.88. The standard InChI is InChI=1S/C22H44N2O4/c1-5-9-13-23(14-10-6-2)21(25)19-27-17-18-28-20-22(26)24(15-11-7-3)16-12-8-4/h5-20H2,1-4H3. The molecular formula is C22H44N2O4. The summed E-state index contributed by atoms with van der Waals surface area (Å²) in [6.07, 6.45) is 8.39. The highest BCUT2D eigenvalue weighted by molar-refractivity contribution is 5.77. The third-order valence-electron chi connectivity index (χ3n) is 4.65. The Morgan fingerprint density at radius 1 is 0.571 bits per heavy atom. The molecule has 0 radical (unpaired) electrons. The number of unbranched alkanes of at least 4 members (excludes halogenated alkanes) is 4. The van der Waals surface area contributed by atoms with Gasteiger partial charge >= 0.3 is 0 Å². The van der Waals surface area contributed by atoms with Gasteiger partial charge in [-0.2, -0.15) is 0 Å². The van der Waals surface area contributed by atoms with E-state index < -0.39 is 0 Å². The Morgan fingerprint density at radius 3 is 1.11 bits per heavy atom. The molecule has 0 aliphatic carbocycles. The van der Waals surface area contributed by atoms with Crippen molar-refractivity contribution in [2.75, 3.05) is 52.6 Å². The SMILES string of the molecule is CCCCN(CCCC)C(=O)COCCOCC(=O)N(CCCC)CCCC. The van der Waals surface area contributed by atoms with Crippen LogP contribution in [0.15, 0.2) is 0 Å². The molecule has 0 aromatic carbocycles. The zero-order valence-corrected chi connectivity index (χ0v) is 18.8. The lowest BCUT2D eigenvalue weighted by Crippen LogP contribution is -2.36. The van der Waals surface area contributed by atoms with Crippen molar-refractivity contribution in [3.8, 4) is 0 Å². The Bertz CT molecular complexity index is 339. The summed E-state index contributed by atoms with van der Waals surface area (Å²) in [6.45, 7) is 12.6. The molecule has 0 bridgehead atoms. The summed E-state index contributed by atoms with van der Waals surface area (Å²) in [5.41, 5.74) is 0. The molecule has 0 aromatic rings. The lowest BCUT2D eigenvalue weighted by atomic mass is 10.2. The van der Waals surface area contributed by atoms with E-state index in [1.165, 1.54) is 0 Å². The number of hydrogen-bond donors (Lipinski definition) is 0. The molecule has 0 N–H and O–H groups in total. The van der Waals surface area contributed by atoms with E-state index in [9.17, 15) is 9.59 Å². The second-order valence-electron chi connectivity index (χ2n) is 7.28. The van der Waals surface area contributed by atoms with E-state index in [1.807, 2.05) is 9.80 Å². The molecule has 6 nitrogen and oxygen atoms in total. The van der Waals surface area contributed by atoms with E-state index >= 15 is 0 Å². The van der Waals surface area contributed by atoms with Crippen molar-refractivity contribution in [1.82, 2.24) is 9.80 Å². The number of carbonyl (C=O) groups excluding carboxylic acids is 2. The number of nitrogens with zero attached hydrogens (tertiary/aromatic N) is 2. The molecule has 0 unspecified atom stereocenters. The molecule has 0 saturated carbocycles. The van der Waals surface area contributed by atoms with Gasteiger partial charge in [0.05, 0.1) is 13.2 Å². The van der Waals surface area contributed by atoms with Gasteiger partial charge in [0.25, 0.3) is 0 Å². The summed E-state index contributed by atoms with van der Waals surface area (Å²) in [4.78, 5) is 28.4. The van der Waals surface area contributed by atoms with Crippen LogP contribution in [0.2, 0.25) is 0 Å². The highest BCUT2D eigenvalue weighted by atomic mass is 16.5. The highest BCUT2D eigenvalue weighted by Crippen LogP contribution is 2.02. The quantitative estimate of drug-likeness (QED) is 0.309. The number of ether oxygens (including phenoxy) is 2. The van der Waals surface area contributed by atoms with E-state index in [4.69, 9.17) is 9.47 Å². The van der Waals surface area contributed by atoms with Gasteiger partial charge in [0, 0.05) is 26.2 Å². The molecule has 6 heteroatoms. The van der Waals surface area contributed by atoms with Crippen molar-refractivity contribution in [3.05, 3.63) is 0 Å². The van der Waals surface area contributed by atoms with Gasteiger partial charge in [0.15, 0.2) is 0 Å². The minimum Gasteiger partial charge on any atom is -0.369 e. The van der Waals surface area contributed by atoms with Crippen molar-refractivity contribution in [2.45, 2.75) is 79.1 Å². The summed E-state index contributed by atoms with van der Waals surface area (Å²) in [6, 6.07) is 0. The lowest BCUT2D eigenvalue weighted by Gasteiger charge is -2.23. The van der Waals surface area contributed by atoms with Crippen molar-refractivity contribution in [2.24, 2.45) is 0 Å². The van der Waals surface area contributed by atoms with E-state index in [-0.39, 0.29) is 25.0 Å². The molecule has 0 heterocycles. The van der Waals surface area contributed by atoms with E-state index in [0.29, 0.717) is 13.2 Å². The van der Waals surface area contributed by atoms with E-state index in [2.05, 4.69) is 27.7 Å². The second kappa shape index (κ2) is 19.2. The average molecular weight is 401 g/mol. The molecule has 0 aliphatic heterocycles. The fraction of sp³-hybridized carbons (Fsp3) is 0.909. The van der Waals surface area contributed by atoms with Crippen LogP contribution < -0.4 is 0 Å². The summed E-state index contributed by atoms with van der Waals surface area (Å²) < 4.78 is 10.9. The van der Waals surface area contributed by atoms with Crippen LogP contribution in [0.3, 0.4) is 0 Å². The van der Waals surface area contributed by atoms with Crippen LogP contribution in [0.1, 0.15) is 79.1 Å². The number of carbonyl (C=O) groups is 2. The normalized spacial score (nSPS) is 10.9. The molecule has 28 heavy (non-hydrogen) atoms. The maximum Gasteiger partial charge on any atom is 0.248 e. The Hall–Kier alpha value is -1.14. The third kappa shape index (κ3) is 13.9. The Morgan fingerprint density at radius 2 is 0.857 bits per heavy atom. The van der Waals surface area contributed by atoms with Gasteiger partial charge in [-0.3, -0.25) is 9.59 Å². The van der Waals surface area contributed by atoms with Gasteiger partial charge in [-0.05, 0) is 25.7 Å². The molecular weight excluding hydrogens is 356 g/mol. The van der Waals surface area contributed by atoms with Crippen LogP contribution in [0.25, 0.3) is 0 Å². The molecule has 0 aliphatic rings. The Kier molecular flexibility index (Phi) is 18.4. The Balaban J connectivity index is 4.02. The van der Waals surface area contributed by atoms with Crippen molar-refractivity contribution < 1.29 is 19.1 Å². The highest BCUT2D eigenvalue weighted by Gasteiger charge is 2.14. The van der Waals surface area contributed by atoms with Crippen LogP contribution >= 0.6 is 0 Å². The summed E-state index contributed by atoms with van der Waals surface area (Å²) in [7, 11) is 0. The van der Waals surface area contributed by atoms with Crippen molar-refractivity contribution >= 4 is 11.8 Å². The Labute approximate surface area is 172 Å². The van der Waals surface area contributed by atoms with Gasteiger partial charge in [0.1, 0.15) is 13.2 Å². The summed E-state index contributed by atoms with van der Waals surface area (Å²) in [5, 5.41) is 0. The first-order valence-corrected chi connectivity index (χ1v) is 11.3. The minimum absolute atomic E-state index is 0.0447. The first-order valence-electron chi connectivity index (χ1n) is 11.3. The van der Waals surface area contributed by atoms with Gasteiger partial charge in [-0.15, -0.1) is 0 Å². The molecule has 166 valence electrons. The van der Waals surface area contributed by atoms with Crippen LogP contribution in [0, 0.1) is 0 Å². The number of rotatable bonds is 19. The molecule has 2 amide bonds. The molecule has 0 fully saturated rings. The molecule has 0 saturated heterocycles. The van der Waals surface area contributed by atoms with Crippen LogP contribution in [0.5, 0.6) is 0 Å².